The number of anilines is 1. The smallest absolute Gasteiger partial charge is 0.258 e. The van der Waals surface area contributed by atoms with Crippen LogP contribution in [0.4, 0.5) is 5.95 Å². The largest absolute Gasteiger partial charge is 0.337 e. The number of aryl methyl sites for hydroxylation is 1. The molecule has 0 aliphatic carbocycles. The molecule has 0 radical (unpaired) electrons. The molecule has 1 aliphatic heterocycles. The summed E-state index contributed by atoms with van der Waals surface area (Å²) in [7, 11) is 1.50. The molecule has 1 atom stereocenters. The van der Waals surface area contributed by atoms with Gasteiger partial charge in [-0.25, -0.2) is 14.9 Å². The minimum absolute atomic E-state index is 0.0282. The fourth-order valence-electron chi connectivity index (χ4n) is 4.79. The van der Waals surface area contributed by atoms with E-state index < -0.39 is 7.49 Å². The van der Waals surface area contributed by atoms with Gasteiger partial charge >= 0.3 is 0 Å². The first-order valence-electron chi connectivity index (χ1n) is 13.1. The molecule has 11 heteroatoms. The summed E-state index contributed by atoms with van der Waals surface area (Å²) in [5.41, 5.74) is 2.96. The SMILES string of the molecule is Cc1cc(C(=O)Nc2nc3cccc(Cl)c3n2C2CCCCN(C(=O)/C=C/CN(C)C)C2)cc([P+](C)(C)O)n1. The number of pyridine rings is 1. The minimum atomic E-state index is -2.42. The molecule has 1 unspecified atom stereocenters. The summed E-state index contributed by atoms with van der Waals surface area (Å²) in [4.78, 5) is 50.1. The quantitative estimate of drug-likeness (QED) is 0.326. The second-order valence-electron chi connectivity index (χ2n) is 10.7. The van der Waals surface area contributed by atoms with Gasteiger partial charge in [0.25, 0.3) is 5.91 Å². The maximum absolute atomic E-state index is 13.5. The molecule has 2 aromatic heterocycles. The van der Waals surface area contributed by atoms with E-state index >= 15 is 0 Å². The molecular formula is C28H37ClN6O3P+. The summed E-state index contributed by atoms with van der Waals surface area (Å²) in [5, 5.41) is 3.52. The van der Waals surface area contributed by atoms with Crippen LogP contribution in [0.2, 0.25) is 5.02 Å². The Morgan fingerprint density at radius 2 is 2.00 bits per heavy atom. The molecule has 9 nitrogen and oxygen atoms in total. The van der Waals surface area contributed by atoms with Crippen LogP contribution in [-0.4, -0.2) is 88.1 Å². The zero-order chi connectivity index (χ0) is 28.3. The van der Waals surface area contributed by atoms with Crippen molar-refractivity contribution in [3.63, 3.8) is 0 Å². The third-order valence-corrected chi connectivity index (χ3v) is 8.36. The maximum Gasteiger partial charge on any atom is 0.258 e. The molecule has 0 spiro atoms. The number of rotatable bonds is 7. The van der Waals surface area contributed by atoms with E-state index in [-0.39, 0.29) is 17.9 Å². The average molecular weight is 572 g/mol. The number of carbonyl (C=O) groups excluding carboxylic acids is 2. The van der Waals surface area contributed by atoms with Gasteiger partial charge in [0.2, 0.25) is 17.3 Å². The molecule has 39 heavy (non-hydrogen) atoms. The summed E-state index contributed by atoms with van der Waals surface area (Å²) >= 11 is 6.68. The number of nitrogens with one attached hydrogen (secondary N) is 1. The third kappa shape index (κ3) is 7.03. The van der Waals surface area contributed by atoms with Gasteiger partial charge in [-0.15, -0.1) is 0 Å². The molecule has 1 aliphatic rings. The predicted molar refractivity (Wildman–Crippen MR) is 159 cm³/mol. The monoisotopic (exact) mass is 571 g/mol. The molecule has 2 N–H and O–H groups in total. The van der Waals surface area contributed by atoms with Crippen molar-refractivity contribution in [1.82, 2.24) is 24.3 Å². The molecule has 1 fully saturated rings. The topological polar surface area (TPSA) is 104 Å². The van der Waals surface area contributed by atoms with Crippen molar-refractivity contribution in [1.29, 1.82) is 0 Å². The second kappa shape index (κ2) is 12.1. The Balaban J connectivity index is 1.70. The first-order valence-corrected chi connectivity index (χ1v) is 16.1. The number of hydrogen-bond acceptors (Lipinski definition) is 6. The van der Waals surface area contributed by atoms with Gasteiger partial charge in [-0.05, 0) is 58.5 Å². The number of nitrogens with zero attached hydrogens (tertiary/aromatic N) is 5. The molecule has 1 saturated heterocycles. The summed E-state index contributed by atoms with van der Waals surface area (Å²) in [6, 6.07) is 8.71. The van der Waals surface area contributed by atoms with Crippen LogP contribution in [0.5, 0.6) is 0 Å². The molecule has 0 saturated carbocycles. The van der Waals surface area contributed by atoms with E-state index in [9.17, 15) is 14.5 Å². The first-order chi connectivity index (χ1) is 18.4. The van der Waals surface area contributed by atoms with Crippen molar-refractivity contribution in [2.45, 2.75) is 32.2 Å². The zero-order valence-electron chi connectivity index (χ0n) is 23.2. The Labute approximate surface area is 235 Å². The molecule has 208 valence electrons. The number of likely N-dealkylation sites (tertiary alicyclic amines) is 1. The molecule has 0 bridgehead atoms. The lowest BCUT2D eigenvalue weighted by molar-refractivity contribution is -0.126. The van der Waals surface area contributed by atoms with Gasteiger partial charge in [-0.3, -0.25) is 14.9 Å². The number of halogens is 1. The number of benzene rings is 1. The Morgan fingerprint density at radius 1 is 1.23 bits per heavy atom. The summed E-state index contributed by atoms with van der Waals surface area (Å²) in [6.07, 6.45) is 6.14. The lowest BCUT2D eigenvalue weighted by Crippen LogP contribution is -2.35. The van der Waals surface area contributed by atoms with Gasteiger partial charge in [-0.1, -0.05) is 23.7 Å². The fourth-order valence-corrected chi connectivity index (χ4v) is 5.90. The highest BCUT2D eigenvalue weighted by molar-refractivity contribution is 7.76. The van der Waals surface area contributed by atoms with Crippen LogP contribution in [0.15, 0.2) is 42.5 Å². The average Bonchev–Trinajstić information content (AvgIpc) is 3.04. The highest BCUT2D eigenvalue weighted by atomic mass is 35.5. The van der Waals surface area contributed by atoms with Crippen LogP contribution in [0.3, 0.4) is 0 Å². The van der Waals surface area contributed by atoms with E-state index in [4.69, 9.17) is 16.6 Å². The number of carbonyl (C=O) groups is 2. The van der Waals surface area contributed by atoms with Crippen molar-refractivity contribution in [2.75, 3.05) is 52.4 Å². The van der Waals surface area contributed by atoms with Crippen molar-refractivity contribution in [3.8, 4) is 0 Å². The molecular weight excluding hydrogens is 535 g/mol. The van der Waals surface area contributed by atoms with Crippen LogP contribution in [0, 0.1) is 6.92 Å². The van der Waals surface area contributed by atoms with Gasteiger partial charge in [-0.2, -0.15) is 0 Å². The summed E-state index contributed by atoms with van der Waals surface area (Å²) in [6.45, 7) is 7.12. The van der Waals surface area contributed by atoms with Crippen LogP contribution < -0.4 is 10.8 Å². The lowest BCUT2D eigenvalue weighted by atomic mass is 10.1. The Kier molecular flexibility index (Phi) is 9.07. The van der Waals surface area contributed by atoms with Gasteiger partial charge in [0.1, 0.15) is 0 Å². The van der Waals surface area contributed by atoms with Crippen molar-refractivity contribution in [2.24, 2.45) is 0 Å². The second-order valence-corrected chi connectivity index (χ2v) is 14.4. The number of hydrogen-bond donors (Lipinski definition) is 2. The predicted octanol–water partition coefficient (Wildman–Crippen LogP) is 4.13. The molecule has 1 aromatic carbocycles. The summed E-state index contributed by atoms with van der Waals surface area (Å²) in [5.74, 6) is -0.00438. The van der Waals surface area contributed by atoms with Crippen LogP contribution >= 0.6 is 19.1 Å². The molecule has 3 heterocycles. The highest BCUT2D eigenvalue weighted by Crippen LogP contribution is 2.43. The van der Waals surface area contributed by atoms with Crippen LogP contribution in [0.1, 0.15) is 41.4 Å². The van der Waals surface area contributed by atoms with Crippen molar-refractivity contribution >= 4 is 53.3 Å². The van der Waals surface area contributed by atoms with E-state index in [1.165, 1.54) is 0 Å². The van der Waals surface area contributed by atoms with E-state index in [1.54, 1.807) is 38.5 Å². The molecule has 4 rings (SSSR count). The number of amides is 2. The van der Waals surface area contributed by atoms with Gasteiger partial charge in [0, 0.05) is 43.0 Å². The summed E-state index contributed by atoms with van der Waals surface area (Å²) < 4.78 is 1.97. The number of aromatic nitrogens is 3. The normalized spacial score (nSPS) is 16.7. The number of imidazole rings is 1. The molecule has 3 aromatic rings. The lowest BCUT2D eigenvalue weighted by Gasteiger charge is -2.26. The zero-order valence-corrected chi connectivity index (χ0v) is 24.8. The van der Waals surface area contributed by atoms with E-state index in [0.717, 1.165) is 24.8 Å². The first kappa shape index (κ1) is 29.2. The van der Waals surface area contributed by atoms with E-state index in [1.807, 2.05) is 52.7 Å². The van der Waals surface area contributed by atoms with E-state index in [0.29, 0.717) is 52.8 Å². The van der Waals surface area contributed by atoms with Gasteiger partial charge in [0.15, 0.2) is 7.49 Å². The van der Waals surface area contributed by atoms with E-state index in [2.05, 4.69) is 10.3 Å². The minimum Gasteiger partial charge on any atom is -0.337 e. The molecule has 2 amide bonds. The third-order valence-electron chi connectivity index (χ3n) is 6.70. The standard InChI is InChI=1S/C28H36ClN6O3P/c1-19-16-20(17-24(30-19)39(4,5)38)27(37)32-28-31-23-12-8-11-22(29)26(23)35(28)21-10-6-7-15-34(18-21)25(36)13-9-14-33(2)3/h8-9,11-13,16-17,21,38H,6-7,10,14-15,18H2,1-5H3/p+1/b13-9+. The number of para-hydroxylation sites is 1. The highest BCUT2D eigenvalue weighted by Gasteiger charge is 2.30. The van der Waals surface area contributed by atoms with Crippen LogP contribution in [-0.2, 0) is 4.79 Å². The Bertz CT molecular complexity index is 1400. The van der Waals surface area contributed by atoms with Gasteiger partial charge in [0.05, 0.1) is 35.4 Å². The number of fused-ring (bicyclic) bond motifs is 1. The van der Waals surface area contributed by atoms with Crippen molar-refractivity contribution in [3.05, 3.63) is 58.8 Å². The van der Waals surface area contributed by atoms with Gasteiger partial charge < -0.3 is 14.4 Å². The Hall–Kier alpha value is -2.84. The Morgan fingerprint density at radius 3 is 2.72 bits per heavy atom. The maximum atomic E-state index is 13.5. The van der Waals surface area contributed by atoms with Crippen LogP contribution in [0.25, 0.3) is 11.0 Å². The fraction of sp³-hybridized carbons (Fsp3) is 0.429. The number of likely N-dealkylation sites (N-methyl/N-ethyl adjacent to an activating group) is 1. The van der Waals surface area contributed by atoms with Crippen molar-refractivity contribution < 1.29 is 14.5 Å².